The molecule has 0 bridgehead atoms. The van der Waals surface area contributed by atoms with Crippen LogP contribution in [-0.4, -0.2) is 17.5 Å². The molecule has 0 saturated heterocycles. The van der Waals surface area contributed by atoms with E-state index in [2.05, 4.69) is 0 Å². The van der Waals surface area contributed by atoms with Crippen LogP contribution in [0, 0.1) is 6.42 Å². The van der Waals surface area contributed by atoms with Gasteiger partial charge in [-0.1, -0.05) is 30.3 Å². The number of Topliss-reactive ketones (excluding diaryl/α,β-unsaturated/α-hetero) is 1. The molecular formula is C11H13O2. The summed E-state index contributed by atoms with van der Waals surface area (Å²) in [6, 6.07) is 9.50. The van der Waals surface area contributed by atoms with Gasteiger partial charge in [0.05, 0.1) is 6.61 Å². The molecule has 1 N–H and O–H groups in total. The average molecular weight is 177 g/mol. The summed E-state index contributed by atoms with van der Waals surface area (Å²) in [6.45, 7) is 1.47. The van der Waals surface area contributed by atoms with Crippen molar-refractivity contribution in [3.8, 4) is 0 Å². The van der Waals surface area contributed by atoms with Gasteiger partial charge in [-0.05, 0) is 12.5 Å². The number of hydrogen-bond donors (Lipinski definition) is 1. The van der Waals surface area contributed by atoms with Gasteiger partial charge in [0, 0.05) is 12.3 Å². The summed E-state index contributed by atoms with van der Waals surface area (Å²) in [5.41, 5.74) is 0.972. The molecule has 1 aromatic rings. The molecule has 0 spiro atoms. The zero-order valence-electron chi connectivity index (χ0n) is 7.60. The number of carbonyl (C=O) groups excluding carboxylic acids is 1. The Kier molecular flexibility index (Phi) is 3.65. The normalized spacial score (nSPS) is 12.5. The van der Waals surface area contributed by atoms with Gasteiger partial charge in [-0.25, -0.2) is 0 Å². The van der Waals surface area contributed by atoms with Gasteiger partial charge in [-0.3, -0.25) is 4.79 Å². The summed E-state index contributed by atoms with van der Waals surface area (Å²) in [7, 11) is 0. The lowest BCUT2D eigenvalue weighted by molar-refractivity contribution is -0.114. The first kappa shape index (κ1) is 9.93. The largest absolute Gasteiger partial charge is 0.396 e. The van der Waals surface area contributed by atoms with Crippen LogP contribution >= 0.6 is 0 Å². The number of aliphatic hydroxyl groups is 1. The molecule has 0 amide bonds. The van der Waals surface area contributed by atoms with Crippen LogP contribution in [0.25, 0.3) is 0 Å². The first-order valence-electron chi connectivity index (χ1n) is 4.25. The monoisotopic (exact) mass is 177 g/mol. The first-order valence-corrected chi connectivity index (χ1v) is 4.25. The smallest absolute Gasteiger partial charge is 0.134 e. The van der Waals surface area contributed by atoms with Gasteiger partial charge in [0.2, 0.25) is 0 Å². The lowest BCUT2D eigenvalue weighted by Crippen LogP contribution is -2.09. The Bertz CT molecular complexity index is 267. The van der Waals surface area contributed by atoms with E-state index in [1.165, 1.54) is 13.3 Å². The van der Waals surface area contributed by atoms with E-state index in [9.17, 15) is 4.79 Å². The van der Waals surface area contributed by atoms with Crippen LogP contribution in [0.3, 0.4) is 0 Å². The number of ketones is 1. The third-order valence-electron chi connectivity index (χ3n) is 1.86. The lowest BCUT2D eigenvalue weighted by atomic mass is 9.95. The predicted molar refractivity (Wildman–Crippen MR) is 51.2 cm³/mol. The summed E-state index contributed by atoms with van der Waals surface area (Å²) >= 11 is 0. The van der Waals surface area contributed by atoms with Crippen molar-refractivity contribution in [1.29, 1.82) is 0 Å². The Hall–Kier alpha value is -1.15. The lowest BCUT2D eigenvalue weighted by Gasteiger charge is -2.11. The van der Waals surface area contributed by atoms with Crippen molar-refractivity contribution < 1.29 is 9.90 Å². The Morgan fingerprint density at radius 1 is 1.46 bits per heavy atom. The van der Waals surface area contributed by atoms with E-state index in [4.69, 9.17) is 5.11 Å². The molecule has 1 unspecified atom stereocenters. The van der Waals surface area contributed by atoms with E-state index in [-0.39, 0.29) is 18.3 Å². The van der Waals surface area contributed by atoms with E-state index < -0.39 is 0 Å². The van der Waals surface area contributed by atoms with E-state index >= 15 is 0 Å². The molecule has 0 aliphatic heterocycles. The van der Waals surface area contributed by atoms with Gasteiger partial charge < -0.3 is 5.11 Å². The van der Waals surface area contributed by atoms with Gasteiger partial charge in [-0.2, -0.15) is 0 Å². The quantitative estimate of drug-likeness (QED) is 0.757. The Morgan fingerprint density at radius 3 is 2.54 bits per heavy atom. The second-order valence-corrected chi connectivity index (χ2v) is 2.98. The highest BCUT2D eigenvalue weighted by Gasteiger charge is 2.12. The second-order valence-electron chi connectivity index (χ2n) is 2.98. The van der Waals surface area contributed by atoms with E-state index in [0.29, 0.717) is 0 Å². The number of benzene rings is 1. The third-order valence-corrected chi connectivity index (χ3v) is 1.86. The number of carbonyl (C=O) groups is 1. The highest BCUT2D eigenvalue weighted by atomic mass is 16.3. The molecule has 1 atom stereocenters. The third kappa shape index (κ3) is 2.99. The van der Waals surface area contributed by atoms with Crippen LogP contribution in [-0.2, 0) is 4.79 Å². The van der Waals surface area contributed by atoms with Gasteiger partial charge in [0.1, 0.15) is 5.78 Å². The summed E-state index contributed by atoms with van der Waals surface area (Å²) in [5, 5.41) is 9.04. The average Bonchev–Trinajstić information content (AvgIpc) is 2.15. The molecule has 2 nitrogen and oxygen atoms in total. The van der Waals surface area contributed by atoms with Crippen LogP contribution in [0.5, 0.6) is 0 Å². The maximum atomic E-state index is 10.8. The van der Waals surface area contributed by atoms with Crippen molar-refractivity contribution in [3.63, 3.8) is 0 Å². The van der Waals surface area contributed by atoms with Crippen LogP contribution < -0.4 is 0 Å². The number of rotatable bonds is 4. The first-order chi connectivity index (χ1) is 6.24. The topological polar surface area (TPSA) is 37.3 Å². The standard InChI is InChI=1S/C11H13O2/c1-9(13)7-11(8-12)10-5-3-2-4-6-10/h2-7,11-12H,8H2,1H3. The molecule has 0 heterocycles. The maximum absolute atomic E-state index is 10.8. The summed E-state index contributed by atoms with van der Waals surface area (Å²) < 4.78 is 0. The fourth-order valence-electron chi connectivity index (χ4n) is 1.24. The Morgan fingerprint density at radius 2 is 2.08 bits per heavy atom. The molecule has 69 valence electrons. The van der Waals surface area contributed by atoms with Crippen molar-refractivity contribution in [2.24, 2.45) is 0 Å². The van der Waals surface area contributed by atoms with Crippen molar-refractivity contribution in [2.75, 3.05) is 6.61 Å². The van der Waals surface area contributed by atoms with Crippen LogP contribution in [0.2, 0.25) is 0 Å². The Balaban J connectivity index is 2.73. The van der Waals surface area contributed by atoms with Crippen molar-refractivity contribution in [2.45, 2.75) is 12.8 Å². The van der Waals surface area contributed by atoms with Crippen LogP contribution in [0.15, 0.2) is 30.3 Å². The molecule has 0 fully saturated rings. The van der Waals surface area contributed by atoms with Crippen LogP contribution in [0.1, 0.15) is 18.4 Å². The zero-order valence-corrected chi connectivity index (χ0v) is 7.60. The number of aliphatic hydroxyl groups excluding tert-OH is 1. The molecule has 0 aliphatic carbocycles. The molecule has 13 heavy (non-hydrogen) atoms. The van der Waals surface area contributed by atoms with E-state index in [1.54, 1.807) is 0 Å². The molecule has 1 radical (unpaired) electrons. The fraction of sp³-hybridized carbons (Fsp3) is 0.273. The van der Waals surface area contributed by atoms with Gasteiger partial charge >= 0.3 is 0 Å². The van der Waals surface area contributed by atoms with Gasteiger partial charge in [0.15, 0.2) is 0 Å². The van der Waals surface area contributed by atoms with Gasteiger partial charge in [-0.15, -0.1) is 0 Å². The Labute approximate surface area is 78.2 Å². The molecular weight excluding hydrogens is 164 g/mol. The molecule has 1 aromatic carbocycles. The van der Waals surface area contributed by atoms with E-state index in [1.807, 2.05) is 30.3 Å². The minimum atomic E-state index is -0.168. The summed E-state index contributed by atoms with van der Waals surface area (Å²) in [6.07, 6.45) is 1.54. The second kappa shape index (κ2) is 4.77. The molecule has 1 rings (SSSR count). The van der Waals surface area contributed by atoms with Crippen molar-refractivity contribution >= 4 is 5.78 Å². The van der Waals surface area contributed by atoms with Gasteiger partial charge in [0.25, 0.3) is 0 Å². The number of hydrogen-bond acceptors (Lipinski definition) is 2. The summed E-state index contributed by atoms with van der Waals surface area (Å²) in [5.74, 6) is -0.179. The van der Waals surface area contributed by atoms with Crippen LogP contribution in [0.4, 0.5) is 0 Å². The molecule has 0 aromatic heterocycles. The molecule has 0 saturated carbocycles. The minimum Gasteiger partial charge on any atom is -0.396 e. The van der Waals surface area contributed by atoms with Crippen molar-refractivity contribution in [1.82, 2.24) is 0 Å². The zero-order chi connectivity index (χ0) is 9.68. The predicted octanol–water partition coefficient (Wildman–Crippen LogP) is 1.56. The van der Waals surface area contributed by atoms with E-state index in [0.717, 1.165) is 5.56 Å². The highest BCUT2D eigenvalue weighted by Crippen LogP contribution is 2.17. The minimum absolute atomic E-state index is 0.0112. The highest BCUT2D eigenvalue weighted by molar-refractivity contribution is 5.85. The SMILES string of the molecule is CC(=O)[CH]C(CO)c1ccccc1. The summed E-state index contributed by atoms with van der Waals surface area (Å²) in [4.78, 5) is 10.8. The fourth-order valence-corrected chi connectivity index (χ4v) is 1.24. The molecule has 0 aliphatic rings. The molecule has 2 heteroatoms. The maximum Gasteiger partial charge on any atom is 0.134 e. The van der Waals surface area contributed by atoms with Crippen molar-refractivity contribution in [3.05, 3.63) is 42.3 Å².